The maximum Gasteiger partial charge on any atom is 0.303 e. The molecule has 0 unspecified atom stereocenters. The highest BCUT2D eigenvalue weighted by Gasteiger charge is 2.54. The van der Waals surface area contributed by atoms with Crippen LogP contribution in [0, 0.1) is 5.41 Å². The van der Waals surface area contributed by atoms with Gasteiger partial charge in [0.15, 0.2) is 0 Å². The van der Waals surface area contributed by atoms with Gasteiger partial charge in [0.25, 0.3) is 0 Å². The van der Waals surface area contributed by atoms with Crippen LogP contribution in [0.4, 0.5) is 0 Å². The molecule has 21 heavy (non-hydrogen) atoms. The van der Waals surface area contributed by atoms with Crippen LogP contribution in [0.2, 0.25) is 0 Å². The van der Waals surface area contributed by atoms with Gasteiger partial charge >= 0.3 is 5.97 Å². The molecule has 2 bridgehead atoms. The largest absolute Gasteiger partial charge is 0.481 e. The molecule has 2 fully saturated rings. The van der Waals surface area contributed by atoms with Gasteiger partial charge in [-0.3, -0.25) is 4.79 Å². The van der Waals surface area contributed by atoms with Gasteiger partial charge < -0.3 is 9.84 Å². The number of aliphatic carboxylic acids is 1. The first-order valence-corrected chi connectivity index (χ1v) is 9.28. The van der Waals surface area contributed by atoms with E-state index >= 15 is 0 Å². The lowest BCUT2D eigenvalue weighted by molar-refractivity contribution is -0.137. The highest BCUT2D eigenvalue weighted by molar-refractivity contribution is 9.11. The van der Waals surface area contributed by atoms with Crippen molar-refractivity contribution in [3.63, 3.8) is 0 Å². The van der Waals surface area contributed by atoms with E-state index in [0.29, 0.717) is 18.4 Å². The van der Waals surface area contributed by atoms with Crippen molar-refractivity contribution in [3.8, 4) is 0 Å². The van der Waals surface area contributed by atoms with Gasteiger partial charge in [-0.25, -0.2) is 0 Å². The standard InChI is InChI=1S/C16H21BrO3S/c17-14-12(3-9-21-14)10-20-16-7-5-15(11-16,6-8-16)4-1-2-13(18)19/h3,9H,1-2,4-8,10-11H2,(H,18,19). The molecule has 5 heteroatoms. The molecule has 0 radical (unpaired) electrons. The van der Waals surface area contributed by atoms with E-state index < -0.39 is 5.97 Å². The first-order chi connectivity index (χ1) is 10.0. The normalized spacial score (nSPS) is 30.9. The summed E-state index contributed by atoms with van der Waals surface area (Å²) < 4.78 is 7.49. The number of hydrogen-bond donors (Lipinski definition) is 1. The summed E-state index contributed by atoms with van der Waals surface area (Å²) in [5.41, 5.74) is 1.66. The number of carboxylic acid groups (broad SMARTS) is 1. The van der Waals surface area contributed by atoms with E-state index in [4.69, 9.17) is 9.84 Å². The molecule has 116 valence electrons. The summed E-state index contributed by atoms with van der Waals surface area (Å²) in [7, 11) is 0. The molecular formula is C16H21BrO3S. The Balaban J connectivity index is 1.54. The Morgan fingerprint density at radius 1 is 1.38 bits per heavy atom. The first-order valence-electron chi connectivity index (χ1n) is 7.60. The Kier molecular flexibility index (Phi) is 4.44. The van der Waals surface area contributed by atoms with Crippen molar-refractivity contribution in [1.82, 2.24) is 0 Å². The Labute approximate surface area is 137 Å². The maximum absolute atomic E-state index is 10.7. The summed E-state index contributed by atoms with van der Waals surface area (Å²) in [6.45, 7) is 0.690. The summed E-state index contributed by atoms with van der Waals surface area (Å²) in [5, 5.41) is 10.9. The molecule has 0 spiro atoms. The van der Waals surface area contributed by atoms with Gasteiger partial charge in [0.2, 0.25) is 0 Å². The number of carbonyl (C=O) groups is 1. The van der Waals surface area contributed by atoms with E-state index in [-0.39, 0.29) is 5.60 Å². The second kappa shape index (κ2) is 6.01. The van der Waals surface area contributed by atoms with Gasteiger partial charge in [0, 0.05) is 12.0 Å². The minimum Gasteiger partial charge on any atom is -0.481 e. The monoisotopic (exact) mass is 372 g/mol. The van der Waals surface area contributed by atoms with Crippen molar-refractivity contribution in [2.24, 2.45) is 5.41 Å². The average molecular weight is 373 g/mol. The minimum absolute atomic E-state index is 0.0601. The summed E-state index contributed by atoms with van der Waals surface area (Å²) in [6.07, 6.45) is 7.98. The summed E-state index contributed by atoms with van der Waals surface area (Å²) in [5.74, 6) is -0.674. The van der Waals surface area contributed by atoms with Crippen LogP contribution in [0.15, 0.2) is 15.2 Å². The molecule has 0 atom stereocenters. The zero-order chi connectivity index (χ0) is 14.9. The Hall–Kier alpha value is -0.390. The second-order valence-electron chi connectivity index (χ2n) is 6.62. The Bertz CT molecular complexity index is 517. The van der Waals surface area contributed by atoms with E-state index in [0.717, 1.165) is 32.1 Å². The first kappa shape index (κ1) is 15.5. The number of thiophene rings is 1. The highest BCUT2D eigenvalue weighted by atomic mass is 79.9. The van der Waals surface area contributed by atoms with Crippen molar-refractivity contribution in [1.29, 1.82) is 0 Å². The van der Waals surface area contributed by atoms with Gasteiger partial charge in [-0.05, 0) is 77.7 Å². The van der Waals surface area contributed by atoms with Crippen LogP contribution in [-0.4, -0.2) is 16.7 Å². The number of carboxylic acids is 1. The molecule has 0 aliphatic heterocycles. The number of rotatable bonds is 7. The minimum atomic E-state index is -0.674. The van der Waals surface area contributed by atoms with Crippen LogP contribution in [0.25, 0.3) is 0 Å². The lowest BCUT2D eigenvalue weighted by Crippen LogP contribution is -2.26. The molecule has 3 rings (SSSR count). The van der Waals surface area contributed by atoms with Crippen molar-refractivity contribution in [2.75, 3.05) is 0 Å². The topological polar surface area (TPSA) is 46.5 Å². The summed E-state index contributed by atoms with van der Waals surface area (Å²) in [6, 6.07) is 2.12. The molecule has 1 aromatic heterocycles. The lowest BCUT2D eigenvalue weighted by Gasteiger charge is -2.28. The van der Waals surface area contributed by atoms with E-state index in [1.165, 1.54) is 22.2 Å². The van der Waals surface area contributed by atoms with Gasteiger partial charge in [-0.15, -0.1) is 11.3 Å². The fourth-order valence-electron chi connectivity index (χ4n) is 4.07. The predicted molar refractivity (Wildman–Crippen MR) is 86.5 cm³/mol. The molecule has 0 saturated heterocycles. The van der Waals surface area contributed by atoms with Crippen molar-refractivity contribution in [3.05, 3.63) is 20.8 Å². The predicted octanol–water partition coefficient (Wildman–Crippen LogP) is 4.99. The molecule has 2 saturated carbocycles. The highest BCUT2D eigenvalue weighted by Crippen LogP contribution is 2.60. The molecule has 3 nitrogen and oxygen atoms in total. The zero-order valence-corrected chi connectivity index (χ0v) is 14.5. The van der Waals surface area contributed by atoms with Gasteiger partial charge in [-0.1, -0.05) is 0 Å². The van der Waals surface area contributed by atoms with Crippen LogP contribution in [0.1, 0.15) is 56.9 Å². The van der Waals surface area contributed by atoms with Crippen molar-refractivity contribution in [2.45, 2.75) is 63.6 Å². The van der Waals surface area contributed by atoms with E-state index in [2.05, 4.69) is 27.4 Å². The van der Waals surface area contributed by atoms with Gasteiger partial charge in [0.1, 0.15) is 0 Å². The summed E-state index contributed by atoms with van der Waals surface area (Å²) in [4.78, 5) is 10.7. The average Bonchev–Trinajstić information content (AvgIpc) is 3.10. The maximum atomic E-state index is 10.7. The van der Waals surface area contributed by atoms with Gasteiger partial charge in [0.05, 0.1) is 16.0 Å². The Morgan fingerprint density at radius 2 is 2.14 bits per heavy atom. The number of hydrogen-bond acceptors (Lipinski definition) is 3. The smallest absolute Gasteiger partial charge is 0.303 e. The van der Waals surface area contributed by atoms with E-state index in [1.54, 1.807) is 11.3 Å². The molecular weight excluding hydrogens is 352 g/mol. The fourth-order valence-corrected chi connectivity index (χ4v) is 5.27. The molecule has 0 aromatic carbocycles. The quantitative estimate of drug-likeness (QED) is 0.733. The summed E-state index contributed by atoms with van der Waals surface area (Å²) >= 11 is 5.26. The van der Waals surface area contributed by atoms with Crippen molar-refractivity contribution < 1.29 is 14.6 Å². The third-order valence-electron chi connectivity index (χ3n) is 5.24. The van der Waals surface area contributed by atoms with E-state index in [1.807, 2.05) is 0 Å². The molecule has 1 N–H and O–H groups in total. The molecule has 1 aromatic rings. The number of fused-ring (bicyclic) bond motifs is 2. The molecule has 0 amide bonds. The van der Waals surface area contributed by atoms with Crippen LogP contribution in [-0.2, 0) is 16.1 Å². The fraction of sp³-hybridized carbons (Fsp3) is 0.688. The van der Waals surface area contributed by atoms with Crippen LogP contribution >= 0.6 is 27.3 Å². The van der Waals surface area contributed by atoms with Crippen molar-refractivity contribution >= 4 is 33.2 Å². The molecule has 2 aliphatic rings. The number of halogens is 1. The van der Waals surface area contributed by atoms with Gasteiger partial charge in [-0.2, -0.15) is 0 Å². The SMILES string of the molecule is O=C(O)CCCC12CCC(OCc3ccsc3Br)(CC1)C2. The van der Waals surface area contributed by atoms with Crippen LogP contribution < -0.4 is 0 Å². The number of ether oxygens (including phenoxy) is 1. The molecule has 2 aliphatic carbocycles. The zero-order valence-electron chi connectivity index (χ0n) is 12.1. The van der Waals surface area contributed by atoms with Crippen LogP contribution in [0.5, 0.6) is 0 Å². The third-order valence-corrected chi connectivity index (χ3v) is 7.06. The third kappa shape index (κ3) is 3.35. The van der Waals surface area contributed by atoms with E-state index in [9.17, 15) is 4.79 Å². The lowest BCUT2D eigenvalue weighted by atomic mass is 9.80. The second-order valence-corrected chi connectivity index (χ2v) is 8.85. The van der Waals surface area contributed by atoms with Crippen LogP contribution in [0.3, 0.4) is 0 Å². The molecule has 1 heterocycles. The Morgan fingerprint density at radius 3 is 2.76 bits per heavy atom.